The van der Waals surface area contributed by atoms with E-state index in [4.69, 9.17) is 5.11 Å². The molecule has 1 aromatic heterocycles. The lowest BCUT2D eigenvalue weighted by Gasteiger charge is -2.27. The Morgan fingerprint density at radius 1 is 1.37 bits per heavy atom. The molecule has 0 saturated heterocycles. The van der Waals surface area contributed by atoms with Crippen molar-refractivity contribution in [1.29, 1.82) is 0 Å². The molecule has 108 valence electrons. The Hall–Kier alpha value is -1.41. The van der Waals surface area contributed by atoms with Crippen LogP contribution in [0.5, 0.6) is 0 Å². The average molecular weight is 289 g/mol. The van der Waals surface area contributed by atoms with E-state index in [9.17, 15) is 13.2 Å². The number of carbonyl (C=O) groups is 1. The van der Waals surface area contributed by atoms with Crippen LogP contribution in [0.3, 0.4) is 0 Å². The molecule has 0 aliphatic carbocycles. The first-order valence-corrected chi connectivity index (χ1v) is 7.22. The number of carboxylic acid groups (broad SMARTS) is 1. The van der Waals surface area contributed by atoms with Crippen LogP contribution in [0.1, 0.15) is 32.2 Å². The van der Waals surface area contributed by atoms with Gasteiger partial charge in [0.2, 0.25) is 10.0 Å². The molecule has 0 bridgehead atoms. The second-order valence-corrected chi connectivity index (χ2v) is 7.17. The summed E-state index contributed by atoms with van der Waals surface area (Å²) in [6, 6.07) is -1.22. The van der Waals surface area contributed by atoms with Crippen molar-refractivity contribution in [2.24, 2.45) is 5.41 Å². The van der Waals surface area contributed by atoms with Crippen molar-refractivity contribution in [3.8, 4) is 0 Å². The van der Waals surface area contributed by atoms with E-state index >= 15 is 0 Å². The minimum atomic E-state index is -3.93. The fourth-order valence-electron chi connectivity index (χ4n) is 1.75. The van der Waals surface area contributed by atoms with Gasteiger partial charge in [-0.15, -0.1) is 0 Å². The number of rotatable bonds is 4. The third-order valence-electron chi connectivity index (χ3n) is 2.72. The molecule has 0 unspecified atom stereocenters. The van der Waals surface area contributed by atoms with Crippen LogP contribution in [-0.2, 0) is 14.8 Å². The van der Waals surface area contributed by atoms with Gasteiger partial charge in [0.25, 0.3) is 0 Å². The number of sulfonamides is 1. The van der Waals surface area contributed by atoms with Crippen LogP contribution < -0.4 is 4.72 Å². The van der Waals surface area contributed by atoms with Crippen molar-refractivity contribution in [1.82, 2.24) is 14.9 Å². The summed E-state index contributed by atoms with van der Waals surface area (Å²) >= 11 is 0. The first-order chi connectivity index (χ1) is 8.47. The standard InChI is InChI=1S/C11H19N3O4S/c1-6-8(7(2)13-12-6)19(17,18)14-9(10(15)16)11(3,4)5/h9,14H,1-5H3,(H,12,13)(H,15,16)/t9-/m1/s1. The van der Waals surface area contributed by atoms with Gasteiger partial charge in [-0.2, -0.15) is 9.82 Å². The van der Waals surface area contributed by atoms with E-state index in [-0.39, 0.29) is 4.90 Å². The lowest BCUT2D eigenvalue weighted by molar-refractivity contribution is -0.141. The highest BCUT2D eigenvalue weighted by atomic mass is 32.2. The SMILES string of the molecule is Cc1n[nH]c(C)c1S(=O)(=O)N[C@H](C(=O)O)C(C)(C)C. The van der Waals surface area contributed by atoms with Gasteiger partial charge in [0, 0.05) is 0 Å². The Bertz CT molecular complexity index is 564. The topological polar surface area (TPSA) is 112 Å². The third kappa shape index (κ3) is 3.32. The summed E-state index contributed by atoms with van der Waals surface area (Å²) in [5.41, 5.74) is -0.0594. The van der Waals surface area contributed by atoms with E-state index in [1.807, 2.05) is 0 Å². The quantitative estimate of drug-likeness (QED) is 0.759. The molecular formula is C11H19N3O4S. The molecule has 0 aromatic carbocycles. The van der Waals surface area contributed by atoms with Crippen molar-refractivity contribution < 1.29 is 18.3 Å². The van der Waals surface area contributed by atoms with Crippen LogP contribution in [0.2, 0.25) is 0 Å². The molecule has 1 rings (SSSR count). The number of carboxylic acids is 1. The third-order valence-corrected chi connectivity index (χ3v) is 4.40. The molecule has 1 heterocycles. The van der Waals surface area contributed by atoms with Crippen molar-refractivity contribution in [3.05, 3.63) is 11.4 Å². The molecule has 0 spiro atoms. The van der Waals surface area contributed by atoms with Crippen LogP contribution in [0, 0.1) is 19.3 Å². The zero-order valence-corrected chi connectivity index (χ0v) is 12.4. The number of aromatic nitrogens is 2. The van der Waals surface area contributed by atoms with E-state index < -0.39 is 27.4 Å². The van der Waals surface area contributed by atoms with Gasteiger partial charge in [-0.1, -0.05) is 20.8 Å². The van der Waals surface area contributed by atoms with Crippen molar-refractivity contribution in [2.75, 3.05) is 0 Å². The van der Waals surface area contributed by atoms with Crippen molar-refractivity contribution in [3.63, 3.8) is 0 Å². The lowest BCUT2D eigenvalue weighted by Crippen LogP contribution is -2.49. The van der Waals surface area contributed by atoms with Crippen LogP contribution in [-0.4, -0.2) is 35.7 Å². The second-order valence-electron chi connectivity index (χ2n) is 5.52. The van der Waals surface area contributed by atoms with Crippen molar-refractivity contribution >= 4 is 16.0 Å². The fourth-order valence-corrected chi connectivity index (χ4v) is 3.51. The number of nitrogens with zero attached hydrogens (tertiary/aromatic N) is 1. The summed E-state index contributed by atoms with van der Waals surface area (Å²) in [6.07, 6.45) is 0. The average Bonchev–Trinajstić information content (AvgIpc) is 2.53. The van der Waals surface area contributed by atoms with Gasteiger partial charge in [0.1, 0.15) is 10.9 Å². The molecule has 19 heavy (non-hydrogen) atoms. The molecule has 3 N–H and O–H groups in total. The number of nitrogens with one attached hydrogen (secondary N) is 2. The van der Waals surface area contributed by atoms with Gasteiger partial charge >= 0.3 is 5.97 Å². The first kappa shape index (κ1) is 15.6. The Balaban J connectivity index is 3.20. The van der Waals surface area contributed by atoms with Crippen LogP contribution >= 0.6 is 0 Å². The zero-order valence-electron chi connectivity index (χ0n) is 11.6. The summed E-state index contributed by atoms with van der Waals surface area (Å²) in [7, 11) is -3.93. The van der Waals surface area contributed by atoms with Gasteiger partial charge < -0.3 is 5.11 Å². The number of aryl methyl sites for hydroxylation is 2. The molecule has 0 fully saturated rings. The molecular weight excluding hydrogens is 270 g/mol. The van der Waals surface area contributed by atoms with E-state index in [0.717, 1.165) is 0 Å². The monoisotopic (exact) mass is 289 g/mol. The van der Waals surface area contributed by atoms with E-state index in [0.29, 0.717) is 11.4 Å². The summed E-state index contributed by atoms with van der Waals surface area (Å²) in [4.78, 5) is 11.2. The molecule has 8 heteroatoms. The highest BCUT2D eigenvalue weighted by Gasteiger charge is 2.36. The Labute approximate surface area is 112 Å². The number of hydrogen-bond acceptors (Lipinski definition) is 4. The lowest BCUT2D eigenvalue weighted by atomic mass is 9.88. The van der Waals surface area contributed by atoms with Crippen LogP contribution in [0.4, 0.5) is 0 Å². The molecule has 0 radical (unpaired) electrons. The number of H-pyrrole nitrogens is 1. The maximum atomic E-state index is 12.3. The molecule has 7 nitrogen and oxygen atoms in total. The predicted molar refractivity (Wildman–Crippen MR) is 69.3 cm³/mol. The van der Waals surface area contributed by atoms with E-state index in [1.54, 1.807) is 34.6 Å². The van der Waals surface area contributed by atoms with Crippen LogP contribution in [0.25, 0.3) is 0 Å². The highest BCUT2D eigenvalue weighted by Crippen LogP contribution is 2.23. The van der Waals surface area contributed by atoms with Gasteiger partial charge in [-0.25, -0.2) is 8.42 Å². The summed E-state index contributed by atoms with van der Waals surface area (Å²) < 4.78 is 26.8. The van der Waals surface area contributed by atoms with Gasteiger partial charge in [-0.05, 0) is 19.3 Å². The van der Waals surface area contributed by atoms with Gasteiger partial charge in [0.05, 0.1) is 11.4 Å². The summed E-state index contributed by atoms with van der Waals surface area (Å²) in [6.45, 7) is 8.09. The molecule has 0 amide bonds. The normalized spacial score (nSPS) is 14.4. The molecule has 1 atom stereocenters. The second kappa shape index (κ2) is 4.93. The number of hydrogen-bond donors (Lipinski definition) is 3. The Morgan fingerprint density at radius 2 is 1.89 bits per heavy atom. The summed E-state index contributed by atoms with van der Waals surface area (Å²) in [5, 5.41) is 15.5. The maximum absolute atomic E-state index is 12.3. The van der Waals surface area contributed by atoms with Crippen LogP contribution in [0.15, 0.2) is 4.90 Å². The molecule has 0 saturated carbocycles. The smallest absolute Gasteiger partial charge is 0.322 e. The van der Waals surface area contributed by atoms with Gasteiger partial charge in [-0.3, -0.25) is 9.89 Å². The minimum Gasteiger partial charge on any atom is -0.480 e. The summed E-state index contributed by atoms with van der Waals surface area (Å²) in [5.74, 6) is -1.21. The van der Waals surface area contributed by atoms with E-state index in [2.05, 4.69) is 14.9 Å². The van der Waals surface area contributed by atoms with Gasteiger partial charge in [0.15, 0.2) is 0 Å². The number of aromatic amines is 1. The Morgan fingerprint density at radius 3 is 2.21 bits per heavy atom. The van der Waals surface area contributed by atoms with Crippen molar-refractivity contribution in [2.45, 2.75) is 45.6 Å². The molecule has 0 aliphatic rings. The fraction of sp³-hybridized carbons (Fsp3) is 0.636. The highest BCUT2D eigenvalue weighted by molar-refractivity contribution is 7.89. The predicted octanol–water partition coefficient (Wildman–Crippen LogP) is 0.804. The molecule has 1 aromatic rings. The minimum absolute atomic E-state index is 0.00278. The molecule has 0 aliphatic heterocycles. The Kier molecular flexibility index (Phi) is 4.06. The first-order valence-electron chi connectivity index (χ1n) is 5.73. The number of aliphatic carboxylic acids is 1. The van der Waals surface area contributed by atoms with E-state index in [1.165, 1.54) is 0 Å². The largest absolute Gasteiger partial charge is 0.480 e. The zero-order chi connectivity index (χ0) is 15.0. The maximum Gasteiger partial charge on any atom is 0.322 e.